The summed E-state index contributed by atoms with van der Waals surface area (Å²) < 4.78 is -0.361. The van der Waals surface area contributed by atoms with Crippen LogP contribution in [0.25, 0.3) is 0 Å². The summed E-state index contributed by atoms with van der Waals surface area (Å²) in [6, 6.07) is 0. The van der Waals surface area contributed by atoms with Gasteiger partial charge in [0.2, 0.25) is 0 Å². The van der Waals surface area contributed by atoms with E-state index in [1.807, 2.05) is 0 Å². The molecule has 0 aromatic rings. The summed E-state index contributed by atoms with van der Waals surface area (Å²) >= 11 is 5.93. The Bertz CT molecular complexity index is 228. The van der Waals surface area contributed by atoms with Gasteiger partial charge >= 0.3 is 39.1 Å². The van der Waals surface area contributed by atoms with E-state index in [9.17, 15) is 4.79 Å². The summed E-state index contributed by atoms with van der Waals surface area (Å²) in [5.41, 5.74) is 0. The van der Waals surface area contributed by atoms with E-state index in [4.69, 9.17) is 0 Å². The monoisotopic (exact) mass is 476 g/mol. The Hall–Kier alpha value is 0.0894. The third-order valence-corrected chi connectivity index (χ3v) is 3.32. The predicted molar refractivity (Wildman–Crippen MR) is 84.9 cm³/mol. The molecule has 0 fully saturated rings. The van der Waals surface area contributed by atoms with Gasteiger partial charge in [-0.3, -0.25) is 0 Å². The molecule has 2 aliphatic rings. The summed E-state index contributed by atoms with van der Waals surface area (Å²) in [4.78, 5) is 9.21. The Morgan fingerprint density at radius 3 is 1.05 bits per heavy atom. The van der Waals surface area contributed by atoms with Crippen molar-refractivity contribution < 1.29 is 23.7 Å². The average Bonchev–Trinajstić information content (AvgIpc) is 2.26. The van der Waals surface area contributed by atoms with Crippen LogP contribution >= 0.6 is 11.6 Å². The number of hydrogen-bond acceptors (Lipinski definition) is 1. The Kier molecular flexibility index (Phi) is 17.2. The third-order valence-electron chi connectivity index (χ3n) is 3.32. The summed E-state index contributed by atoms with van der Waals surface area (Å²) in [5.74, 6) is 0. The molecule has 0 radical (unpaired) electrons. The van der Waals surface area contributed by atoms with Crippen molar-refractivity contribution in [3.8, 4) is 0 Å². The van der Waals surface area contributed by atoms with E-state index in [0.717, 1.165) is 0 Å². The molecule has 3 heteroatoms. The topological polar surface area (TPSA) is 17.1 Å². The quantitative estimate of drug-likeness (QED) is 0.282. The molecule has 0 atom stereocenters. The van der Waals surface area contributed by atoms with Crippen molar-refractivity contribution in [2.45, 2.75) is 77.0 Å². The molecule has 0 aromatic carbocycles. The number of halogens is 1. The first-order valence-corrected chi connectivity index (χ1v) is 9.43. The van der Waals surface area contributed by atoms with E-state index in [1.165, 1.54) is 95.9 Å². The van der Waals surface area contributed by atoms with Gasteiger partial charge in [0.05, 0.1) is 0 Å². The van der Waals surface area contributed by atoms with Crippen LogP contribution < -0.4 is 0 Å². The fraction of sp³-hybridized carbons (Fsp3) is 0.706. The van der Waals surface area contributed by atoms with Gasteiger partial charge in [-0.15, -0.1) is 0 Å². The van der Waals surface area contributed by atoms with Crippen LogP contribution in [0.15, 0.2) is 24.3 Å². The van der Waals surface area contributed by atoms with E-state index >= 15 is 0 Å². The van der Waals surface area contributed by atoms with Gasteiger partial charge in [-0.1, -0.05) is 50.0 Å². The number of allylic oxidation sites excluding steroid dienone is 4. The zero-order valence-corrected chi connectivity index (χ0v) is 15.6. The van der Waals surface area contributed by atoms with Gasteiger partial charge in [-0.25, -0.2) is 0 Å². The van der Waals surface area contributed by atoms with Crippen molar-refractivity contribution in [1.29, 1.82) is 0 Å². The summed E-state index contributed by atoms with van der Waals surface area (Å²) in [6.45, 7) is 0. The normalized spacial score (nSPS) is 22.1. The van der Waals surface area contributed by atoms with Crippen molar-refractivity contribution >= 4 is 15.4 Å². The van der Waals surface area contributed by atoms with Gasteiger partial charge in [0.25, 0.3) is 0 Å². The number of rotatable bonds is 0. The Labute approximate surface area is 140 Å². The van der Waals surface area contributed by atoms with Crippen LogP contribution in [0.4, 0.5) is 4.79 Å². The van der Waals surface area contributed by atoms with Crippen LogP contribution in [0.2, 0.25) is 0 Å². The molecular weight excluding hydrogens is 448 g/mol. The zero-order chi connectivity index (χ0) is 14.9. The fourth-order valence-corrected chi connectivity index (χ4v) is 2.23. The molecule has 0 unspecified atom stereocenters. The van der Waals surface area contributed by atoms with Crippen molar-refractivity contribution in [1.82, 2.24) is 0 Å². The Morgan fingerprint density at radius 1 is 0.650 bits per heavy atom. The molecule has 2 aliphatic carbocycles. The molecule has 118 valence electrons. The second kappa shape index (κ2) is 17.1. The van der Waals surface area contributed by atoms with Gasteiger partial charge in [0, 0.05) is 0 Å². The fourth-order valence-electron chi connectivity index (χ4n) is 2.23. The second-order valence-electron chi connectivity index (χ2n) is 5.13. The number of carbonyl (C=O) groups is 1. The molecule has 0 saturated heterocycles. The van der Waals surface area contributed by atoms with Gasteiger partial charge in [0.15, 0.2) is 0 Å². The number of carbonyl (C=O) groups excluding carboxylic acids is 1. The summed E-state index contributed by atoms with van der Waals surface area (Å²) in [5, 5.41) is 0. The Morgan fingerprint density at radius 2 is 0.850 bits per heavy atom. The minimum absolute atomic E-state index is 0.361. The SMILES string of the molecule is C1=C\CCCCCC/1.C1=C\CCCCCC/1.O=[C](Cl)[Ir]. The molecule has 0 aromatic heterocycles. The van der Waals surface area contributed by atoms with E-state index < -0.39 is 0 Å². The van der Waals surface area contributed by atoms with Crippen LogP contribution in [-0.2, 0) is 18.9 Å². The zero-order valence-electron chi connectivity index (χ0n) is 12.4. The van der Waals surface area contributed by atoms with Gasteiger partial charge in [0.1, 0.15) is 0 Å². The molecule has 2 rings (SSSR count). The van der Waals surface area contributed by atoms with Crippen LogP contribution in [0.3, 0.4) is 0 Å². The van der Waals surface area contributed by atoms with Crippen molar-refractivity contribution in [2.24, 2.45) is 0 Å². The van der Waals surface area contributed by atoms with E-state index in [-0.39, 0.29) is 3.76 Å². The first-order valence-electron chi connectivity index (χ1n) is 7.86. The van der Waals surface area contributed by atoms with Gasteiger partial charge in [-0.2, -0.15) is 0 Å². The van der Waals surface area contributed by atoms with Gasteiger partial charge < -0.3 is 0 Å². The van der Waals surface area contributed by atoms with Crippen LogP contribution in [0.1, 0.15) is 77.0 Å². The molecule has 0 bridgehead atoms. The van der Waals surface area contributed by atoms with E-state index in [0.29, 0.717) is 0 Å². The van der Waals surface area contributed by atoms with Crippen molar-refractivity contribution in [3.63, 3.8) is 0 Å². The molecule has 0 heterocycles. The minimum atomic E-state index is -0.361. The van der Waals surface area contributed by atoms with Crippen molar-refractivity contribution in [2.75, 3.05) is 0 Å². The van der Waals surface area contributed by atoms with E-state index in [2.05, 4.69) is 35.9 Å². The second-order valence-corrected chi connectivity index (χ2v) is 7.26. The molecule has 0 N–H and O–H groups in total. The molecule has 0 saturated carbocycles. The molecule has 0 spiro atoms. The summed E-state index contributed by atoms with van der Waals surface area (Å²) in [6.07, 6.45) is 26.0. The molecule has 0 aliphatic heterocycles. The summed E-state index contributed by atoms with van der Waals surface area (Å²) in [7, 11) is 0. The number of hydrogen-bond donors (Lipinski definition) is 0. The first-order chi connectivity index (χ1) is 9.73. The molecule has 0 amide bonds. The van der Waals surface area contributed by atoms with Crippen LogP contribution in [0.5, 0.6) is 0 Å². The van der Waals surface area contributed by atoms with Gasteiger partial charge in [-0.05, 0) is 51.4 Å². The molecular formula is C17H28ClIrO. The average molecular weight is 476 g/mol. The predicted octanol–water partition coefficient (Wildman–Crippen LogP) is 6.69. The standard InChI is InChI=1S/2C8H14.CClO.Ir/c2*1-2-4-6-8-7-5-3-1;2-1-3;/h2*1-2H,3-8H2;;/b2*2-1-;;. The first kappa shape index (κ1) is 20.1. The van der Waals surface area contributed by atoms with Crippen LogP contribution in [0, 0.1) is 0 Å². The van der Waals surface area contributed by atoms with E-state index in [1.54, 1.807) is 0 Å². The van der Waals surface area contributed by atoms with Crippen LogP contribution in [-0.4, -0.2) is 3.76 Å². The molecule has 1 nitrogen and oxygen atoms in total. The maximum atomic E-state index is 9.21. The maximum absolute atomic E-state index is 9.21. The van der Waals surface area contributed by atoms with Crippen molar-refractivity contribution in [3.05, 3.63) is 24.3 Å². The third kappa shape index (κ3) is 20.4. The molecule has 20 heavy (non-hydrogen) atoms. The Balaban J connectivity index is 0.000000289.